The number of halogens is 1. The van der Waals surface area contributed by atoms with Crippen molar-refractivity contribution in [2.24, 2.45) is 0 Å². The standard InChI is InChI=1S/C10H12ClN/c1-2-9-6-7-5-8(11)3-4-10(7)12-9/h3-5,9,12H,2,6H2,1H3. The molecule has 1 nitrogen and oxygen atoms in total. The van der Waals surface area contributed by atoms with Crippen molar-refractivity contribution < 1.29 is 0 Å². The van der Waals surface area contributed by atoms with Crippen LogP contribution in [0.15, 0.2) is 18.2 Å². The number of hydrogen-bond acceptors (Lipinski definition) is 1. The summed E-state index contributed by atoms with van der Waals surface area (Å²) in [4.78, 5) is 0. The maximum Gasteiger partial charge on any atom is 0.0410 e. The molecule has 0 aromatic heterocycles. The highest BCUT2D eigenvalue weighted by molar-refractivity contribution is 6.30. The summed E-state index contributed by atoms with van der Waals surface area (Å²) in [5.41, 5.74) is 2.61. The summed E-state index contributed by atoms with van der Waals surface area (Å²) in [5.74, 6) is 0. The van der Waals surface area contributed by atoms with E-state index >= 15 is 0 Å². The molecule has 2 rings (SSSR count). The van der Waals surface area contributed by atoms with Crippen molar-refractivity contribution in [3.63, 3.8) is 0 Å². The molecule has 1 heterocycles. The van der Waals surface area contributed by atoms with Gasteiger partial charge >= 0.3 is 0 Å². The van der Waals surface area contributed by atoms with Crippen LogP contribution in [0.3, 0.4) is 0 Å². The molecule has 0 spiro atoms. The Morgan fingerprint density at radius 2 is 2.42 bits per heavy atom. The highest BCUT2D eigenvalue weighted by Crippen LogP contribution is 2.29. The smallest absolute Gasteiger partial charge is 0.0410 e. The van der Waals surface area contributed by atoms with Gasteiger partial charge < -0.3 is 5.32 Å². The van der Waals surface area contributed by atoms with E-state index in [0.717, 1.165) is 11.4 Å². The molecule has 12 heavy (non-hydrogen) atoms. The van der Waals surface area contributed by atoms with Gasteiger partial charge in [-0.1, -0.05) is 18.5 Å². The van der Waals surface area contributed by atoms with Crippen LogP contribution in [0.4, 0.5) is 5.69 Å². The van der Waals surface area contributed by atoms with E-state index in [4.69, 9.17) is 11.6 Å². The number of fused-ring (bicyclic) bond motifs is 1. The highest BCUT2D eigenvalue weighted by atomic mass is 35.5. The monoisotopic (exact) mass is 181 g/mol. The average Bonchev–Trinajstić information content (AvgIpc) is 2.46. The minimum absolute atomic E-state index is 0.610. The van der Waals surface area contributed by atoms with E-state index in [0.29, 0.717) is 6.04 Å². The Bertz CT molecular complexity index is 296. The lowest BCUT2D eigenvalue weighted by atomic mass is 10.1. The molecule has 1 aliphatic rings. The number of benzene rings is 1. The van der Waals surface area contributed by atoms with Gasteiger partial charge in [0.1, 0.15) is 0 Å². The van der Waals surface area contributed by atoms with E-state index in [2.05, 4.69) is 24.4 Å². The molecule has 0 bridgehead atoms. The van der Waals surface area contributed by atoms with Crippen molar-refractivity contribution in [3.05, 3.63) is 28.8 Å². The Labute approximate surface area is 77.7 Å². The predicted octanol–water partition coefficient (Wildman–Crippen LogP) is 3.09. The van der Waals surface area contributed by atoms with Gasteiger partial charge in [-0.15, -0.1) is 0 Å². The number of rotatable bonds is 1. The Balaban J connectivity index is 2.30. The van der Waals surface area contributed by atoms with Crippen LogP contribution in [0, 0.1) is 0 Å². The van der Waals surface area contributed by atoms with E-state index in [9.17, 15) is 0 Å². The summed E-state index contributed by atoms with van der Waals surface area (Å²) in [7, 11) is 0. The van der Waals surface area contributed by atoms with Gasteiger partial charge in [-0.2, -0.15) is 0 Å². The summed E-state index contributed by atoms with van der Waals surface area (Å²) >= 11 is 5.89. The first-order valence-electron chi connectivity index (χ1n) is 4.34. The number of anilines is 1. The fourth-order valence-electron chi connectivity index (χ4n) is 1.65. The third kappa shape index (κ3) is 1.29. The zero-order chi connectivity index (χ0) is 8.55. The second kappa shape index (κ2) is 2.98. The molecule has 1 N–H and O–H groups in total. The summed E-state index contributed by atoms with van der Waals surface area (Å²) in [6.45, 7) is 2.20. The molecular formula is C10H12ClN. The van der Waals surface area contributed by atoms with Crippen molar-refractivity contribution in [2.75, 3.05) is 5.32 Å². The van der Waals surface area contributed by atoms with Gasteiger partial charge in [0.15, 0.2) is 0 Å². The lowest BCUT2D eigenvalue weighted by molar-refractivity contribution is 0.723. The van der Waals surface area contributed by atoms with Gasteiger partial charge in [-0.25, -0.2) is 0 Å². The molecule has 0 saturated carbocycles. The first-order valence-corrected chi connectivity index (χ1v) is 4.72. The Morgan fingerprint density at radius 1 is 1.58 bits per heavy atom. The maximum atomic E-state index is 5.89. The van der Waals surface area contributed by atoms with Crippen LogP contribution in [0.2, 0.25) is 5.02 Å². The van der Waals surface area contributed by atoms with Gasteiger partial charge in [0.2, 0.25) is 0 Å². The van der Waals surface area contributed by atoms with Gasteiger partial charge in [-0.05, 0) is 36.6 Å². The van der Waals surface area contributed by atoms with E-state index < -0.39 is 0 Å². The molecule has 0 amide bonds. The van der Waals surface area contributed by atoms with Crippen LogP contribution in [-0.2, 0) is 6.42 Å². The molecule has 1 aromatic carbocycles. The summed E-state index contributed by atoms with van der Waals surface area (Å²) in [5, 5.41) is 4.29. The molecule has 1 aromatic rings. The SMILES string of the molecule is CCC1Cc2cc(Cl)ccc2N1. The molecule has 64 valence electrons. The Hall–Kier alpha value is -0.690. The zero-order valence-electron chi connectivity index (χ0n) is 7.10. The number of nitrogens with one attached hydrogen (secondary N) is 1. The van der Waals surface area contributed by atoms with E-state index in [1.165, 1.54) is 17.7 Å². The van der Waals surface area contributed by atoms with E-state index in [1.54, 1.807) is 0 Å². The molecule has 2 heteroatoms. The minimum Gasteiger partial charge on any atom is -0.382 e. The quantitative estimate of drug-likeness (QED) is 0.702. The highest BCUT2D eigenvalue weighted by Gasteiger charge is 2.18. The third-order valence-electron chi connectivity index (χ3n) is 2.39. The molecule has 1 atom stereocenters. The van der Waals surface area contributed by atoms with Crippen molar-refractivity contribution in [1.82, 2.24) is 0 Å². The normalized spacial score (nSPS) is 20.3. The minimum atomic E-state index is 0.610. The van der Waals surface area contributed by atoms with E-state index in [1.807, 2.05) is 6.07 Å². The van der Waals surface area contributed by atoms with Crippen LogP contribution in [0.5, 0.6) is 0 Å². The van der Waals surface area contributed by atoms with Crippen molar-refractivity contribution in [1.29, 1.82) is 0 Å². The Morgan fingerprint density at radius 3 is 3.17 bits per heavy atom. The molecule has 0 radical (unpaired) electrons. The van der Waals surface area contributed by atoms with Gasteiger partial charge in [0.05, 0.1) is 0 Å². The zero-order valence-corrected chi connectivity index (χ0v) is 7.86. The van der Waals surface area contributed by atoms with Crippen LogP contribution in [0.1, 0.15) is 18.9 Å². The first kappa shape index (κ1) is 7.93. The summed E-state index contributed by atoms with van der Waals surface area (Å²) in [6.07, 6.45) is 2.29. The molecule has 0 saturated heterocycles. The van der Waals surface area contributed by atoms with E-state index in [-0.39, 0.29) is 0 Å². The molecule has 1 unspecified atom stereocenters. The summed E-state index contributed by atoms with van der Waals surface area (Å²) < 4.78 is 0. The molecular weight excluding hydrogens is 170 g/mol. The predicted molar refractivity (Wildman–Crippen MR) is 52.9 cm³/mol. The largest absolute Gasteiger partial charge is 0.382 e. The fraction of sp³-hybridized carbons (Fsp3) is 0.400. The maximum absolute atomic E-state index is 5.89. The topological polar surface area (TPSA) is 12.0 Å². The number of hydrogen-bond donors (Lipinski definition) is 1. The van der Waals surface area contributed by atoms with Gasteiger partial charge in [0, 0.05) is 16.8 Å². The third-order valence-corrected chi connectivity index (χ3v) is 2.62. The van der Waals surface area contributed by atoms with Crippen molar-refractivity contribution in [3.8, 4) is 0 Å². The van der Waals surface area contributed by atoms with Crippen LogP contribution < -0.4 is 5.32 Å². The van der Waals surface area contributed by atoms with Gasteiger partial charge in [-0.3, -0.25) is 0 Å². The second-order valence-corrected chi connectivity index (χ2v) is 3.69. The second-order valence-electron chi connectivity index (χ2n) is 3.26. The first-order chi connectivity index (χ1) is 5.79. The lowest BCUT2D eigenvalue weighted by Crippen LogP contribution is -2.12. The summed E-state index contributed by atoms with van der Waals surface area (Å²) in [6, 6.07) is 6.66. The van der Waals surface area contributed by atoms with Crippen LogP contribution in [-0.4, -0.2) is 6.04 Å². The fourth-order valence-corrected chi connectivity index (χ4v) is 1.85. The lowest BCUT2D eigenvalue weighted by Gasteiger charge is -2.05. The van der Waals surface area contributed by atoms with Gasteiger partial charge in [0.25, 0.3) is 0 Å². The average molecular weight is 182 g/mol. The Kier molecular flexibility index (Phi) is 1.97. The van der Waals surface area contributed by atoms with Crippen molar-refractivity contribution >= 4 is 17.3 Å². The van der Waals surface area contributed by atoms with Crippen LogP contribution in [0.25, 0.3) is 0 Å². The molecule has 1 aliphatic heterocycles. The van der Waals surface area contributed by atoms with Crippen LogP contribution >= 0.6 is 11.6 Å². The molecule has 0 aliphatic carbocycles. The van der Waals surface area contributed by atoms with Crippen molar-refractivity contribution in [2.45, 2.75) is 25.8 Å². The molecule has 0 fully saturated rings.